The van der Waals surface area contributed by atoms with E-state index in [-0.39, 0.29) is 6.10 Å². The van der Waals surface area contributed by atoms with Gasteiger partial charge < -0.3 is 15.2 Å². The number of hydrogen-bond acceptors (Lipinski definition) is 5. The average molecular weight is 214 g/mol. The molecule has 78 valence electrons. The van der Waals surface area contributed by atoms with Crippen LogP contribution in [0.25, 0.3) is 0 Å². The third kappa shape index (κ3) is 1.75. The third-order valence-corrected chi connectivity index (χ3v) is 3.35. The topological polar surface area (TPSA) is 57.4 Å². The molecule has 2 atom stereocenters. The van der Waals surface area contributed by atoms with Crippen LogP contribution in [0.4, 0.5) is 0 Å². The summed E-state index contributed by atoms with van der Waals surface area (Å²) in [5, 5.41) is 0. The predicted molar refractivity (Wildman–Crippen MR) is 54.5 cm³/mol. The first-order valence-corrected chi connectivity index (χ1v) is 5.44. The highest BCUT2D eigenvalue weighted by Crippen LogP contribution is 2.37. The van der Waals surface area contributed by atoms with Crippen molar-refractivity contribution in [3.63, 3.8) is 0 Å². The summed E-state index contributed by atoms with van der Waals surface area (Å²) in [7, 11) is 1.62. The lowest BCUT2D eigenvalue weighted by Crippen LogP contribution is -2.17. The molecule has 0 saturated carbocycles. The first-order valence-electron chi connectivity index (χ1n) is 4.67. The molecule has 2 rings (SSSR count). The van der Waals surface area contributed by atoms with Gasteiger partial charge in [0.2, 0.25) is 5.88 Å². The van der Waals surface area contributed by atoms with Crippen LogP contribution < -0.4 is 10.5 Å². The van der Waals surface area contributed by atoms with Crippen molar-refractivity contribution in [2.45, 2.75) is 12.5 Å². The van der Waals surface area contributed by atoms with Gasteiger partial charge in [-0.05, 0) is 24.5 Å². The van der Waals surface area contributed by atoms with E-state index in [0.717, 1.165) is 17.9 Å². The number of aromatic nitrogens is 1. The number of methoxy groups -OCH3 is 1. The highest BCUT2D eigenvalue weighted by molar-refractivity contribution is 7.06. The molecule has 1 aliphatic heterocycles. The zero-order valence-corrected chi connectivity index (χ0v) is 8.92. The summed E-state index contributed by atoms with van der Waals surface area (Å²) >= 11 is 1.43. The number of nitrogens with zero attached hydrogens (tertiary/aromatic N) is 1. The molecule has 2 heterocycles. The number of ether oxygens (including phenoxy) is 2. The van der Waals surface area contributed by atoms with Gasteiger partial charge >= 0.3 is 0 Å². The van der Waals surface area contributed by atoms with Crippen LogP contribution in [0.3, 0.4) is 0 Å². The first-order chi connectivity index (χ1) is 6.85. The number of rotatable bonds is 3. The highest BCUT2D eigenvalue weighted by Gasteiger charge is 2.30. The third-order valence-electron chi connectivity index (χ3n) is 2.51. The minimum atomic E-state index is 0.126. The van der Waals surface area contributed by atoms with Gasteiger partial charge in [0.15, 0.2) is 0 Å². The van der Waals surface area contributed by atoms with E-state index in [2.05, 4.69) is 4.37 Å². The number of hydrogen-bond donors (Lipinski definition) is 1. The van der Waals surface area contributed by atoms with Crippen molar-refractivity contribution in [1.82, 2.24) is 4.37 Å². The van der Waals surface area contributed by atoms with Gasteiger partial charge in [-0.25, -0.2) is 0 Å². The normalized spacial score (nSPS) is 26.7. The fourth-order valence-electron chi connectivity index (χ4n) is 1.69. The lowest BCUT2D eigenvalue weighted by molar-refractivity contribution is 0.0952. The Morgan fingerprint density at radius 1 is 1.79 bits per heavy atom. The molecular formula is C9H14N2O2S. The molecule has 2 unspecified atom stereocenters. The second kappa shape index (κ2) is 4.25. The molecule has 0 spiro atoms. The Hall–Kier alpha value is -0.650. The summed E-state index contributed by atoms with van der Waals surface area (Å²) in [5.74, 6) is 1.09. The van der Waals surface area contributed by atoms with E-state index in [1.165, 1.54) is 11.5 Å². The minimum absolute atomic E-state index is 0.126. The maximum Gasteiger partial charge on any atom is 0.225 e. The van der Waals surface area contributed by atoms with E-state index in [1.807, 2.05) is 6.07 Å². The molecule has 4 nitrogen and oxygen atoms in total. The van der Waals surface area contributed by atoms with Crippen molar-refractivity contribution in [2.24, 2.45) is 11.7 Å². The lowest BCUT2D eigenvalue weighted by Gasteiger charge is -2.13. The molecule has 0 aromatic carbocycles. The van der Waals surface area contributed by atoms with Crippen LogP contribution in [0.5, 0.6) is 5.88 Å². The van der Waals surface area contributed by atoms with Crippen LogP contribution in [0.1, 0.15) is 17.4 Å². The van der Waals surface area contributed by atoms with Crippen molar-refractivity contribution in [1.29, 1.82) is 0 Å². The van der Waals surface area contributed by atoms with E-state index in [1.54, 1.807) is 7.11 Å². The zero-order valence-electron chi connectivity index (χ0n) is 8.10. The van der Waals surface area contributed by atoms with Crippen LogP contribution in [-0.4, -0.2) is 24.6 Å². The molecule has 1 saturated heterocycles. The predicted octanol–water partition coefficient (Wildman–Crippen LogP) is 1.19. The summed E-state index contributed by atoms with van der Waals surface area (Å²) in [4.78, 5) is 1.12. The quantitative estimate of drug-likeness (QED) is 0.821. The fourth-order valence-corrected chi connectivity index (χ4v) is 2.53. The Balaban J connectivity index is 2.13. The van der Waals surface area contributed by atoms with E-state index < -0.39 is 0 Å². The number of nitrogens with two attached hydrogens (primary N) is 1. The monoisotopic (exact) mass is 214 g/mol. The van der Waals surface area contributed by atoms with Gasteiger partial charge in [-0.3, -0.25) is 0 Å². The highest BCUT2D eigenvalue weighted by atomic mass is 32.1. The standard InChI is InChI=1S/C9H14N2O2S/c1-12-8-4-7(14-11-8)9-6(5-10)2-3-13-9/h4,6,9H,2-3,5,10H2,1H3. The Labute approximate surface area is 87.2 Å². The molecule has 0 amide bonds. The molecule has 0 bridgehead atoms. The van der Waals surface area contributed by atoms with E-state index in [9.17, 15) is 0 Å². The molecular weight excluding hydrogens is 200 g/mol. The summed E-state index contributed by atoms with van der Waals surface area (Å²) in [6, 6.07) is 1.93. The van der Waals surface area contributed by atoms with Crippen molar-refractivity contribution in [3.05, 3.63) is 10.9 Å². The van der Waals surface area contributed by atoms with E-state index >= 15 is 0 Å². The van der Waals surface area contributed by atoms with E-state index in [4.69, 9.17) is 15.2 Å². The molecule has 0 radical (unpaired) electrons. The van der Waals surface area contributed by atoms with Gasteiger partial charge in [-0.15, -0.1) is 0 Å². The van der Waals surface area contributed by atoms with Gasteiger partial charge in [-0.1, -0.05) is 0 Å². The molecule has 1 fully saturated rings. The summed E-state index contributed by atoms with van der Waals surface area (Å²) in [6.45, 7) is 1.47. The summed E-state index contributed by atoms with van der Waals surface area (Å²) in [6.07, 6.45) is 1.17. The SMILES string of the molecule is COc1cc(C2OCCC2CN)sn1. The minimum Gasteiger partial charge on any atom is -0.480 e. The van der Waals surface area contributed by atoms with E-state index in [0.29, 0.717) is 18.3 Å². The average Bonchev–Trinajstić information content (AvgIpc) is 2.85. The van der Waals surface area contributed by atoms with Gasteiger partial charge in [0.1, 0.15) is 0 Å². The fraction of sp³-hybridized carbons (Fsp3) is 0.667. The van der Waals surface area contributed by atoms with Crippen LogP contribution in [0.15, 0.2) is 6.07 Å². The van der Waals surface area contributed by atoms with Gasteiger partial charge in [0, 0.05) is 18.6 Å². The summed E-state index contributed by atoms with van der Waals surface area (Å²) in [5.41, 5.74) is 5.67. The van der Waals surface area contributed by atoms with Gasteiger partial charge in [0.05, 0.1) is 18.1 Å². The molecule has 1 aromatic rings. The molecule has 5 heteroatoms. The molecule has 0 aliphatic carbocycles. The maximum atomic E-state index is 5.67. The van der Waals surface area contributed by atoms with Crippen LogP contribution in [-0.2, 0) is 4.74 Å². The molecule has 2 N–H and O–H groups in total. The largest absolute Gasteiger partial charge is 0.480 e. The van der Waals surface area contributed by atoms with Crippen molar-refractivity contribution in [3.8, 4) is 5.88 Å². The van der Waals surface area contributed by atoms with Crippen LogP contribution >= 0.6 is 11.5 Å². The smallest absolute Gasteiger partial charge is 0.225 e. The lowest BCUT2D eigenvalue weighted by atomic mass is 10.0. The zero-order chi connectivity index (χ0) is 9.97. The second-order valence-corrected chi connectivity index (χ2v) is 4.18. The van der Waals surface area contributed by atoms with Gasteiger partial charge in [-0.2, -0.15) is 4.37 Å². The molecule has 14 heavy (non-hydrogen) atoms. The molecule has 1 aromatic heterocycles. The Morgan fingerprint density at radius 2 is 2.64 bits per heavy atom. The first kappa shape index (κ1) is 9.89. The van der Waals surface area contributed by atoms with Gasteiger partial charge in [0.25, 0.3) is 0 Å². The van der Waals surface area contributed by atoms with Crippen LogP contribution in [0.2, 0.25) is 0 Å². The van der Waals surface area contributed by atoms with Crippen molar-refractivity contribution in [2.75, 3.05) is 20.3 Å². The Bertz CT molecular complexity index is 303. The maximum absolute atomic E-state index is 5.67. The van der Waals surface area contributed by atoms with Crippen molar-refractivity contribution >= 4 is 11.5 Å². The van der Waals surface area contributed by atoms with Crippen LogP contribution in [0, 0.1) is 5.92 Å². The summed E-state index contributed by atoms with van der Waals surface area (Å²) < 4.78 is 14.8. The Morgan fingerprint density at radius 3 is 3.29 bits per heavy atom. The second-order valence-electron chi connectivity index (χ2n) is 3.35. The van der Waals surface area contributed by atoms with Crippen molar-refractivity contribution < 1.29 is 9.47 Å². The molecule has 1 aliphatic rings. The Kier molecular flexibility index (Phi) is 3.00.